The molecule has 3 aromatic carbocycles. The van der Waals surface area contributed by atoms with Crippen molar-refractivity contribution in [2.24, 2.45) is 0 Å². The maximum atomic E-state index is 12.6. The van der Waals surface area contributed by atoms with Crippen LogP contribution in [0.25, 0.3) is 0 Å². The summed E-state index contributed by atoms with van der Waals surface area (Å²) >= 11 is 0. The van der Waals surface area contributed by atoms with Crippen molar-refractivity contribution in [3.63, 3.8) is 0 Å². The van der Waals surface area contributed by atoms with Crippen molar-refractivity contribution in [2.75, 3.05) is 24.9 Å². The lowest BCUT2D eigenvalue weighted by atomic mass is 10.1. The van der Waals surface area contributed by atoms with E-state index in [0.717, 1.165) is 0 Å². The van der Waals surface area contributed by atoms with Gasteiger partial charge in [-0.15, -0.1) is 0 Å². The van der Waals surface area contributed by atoms with E-state index in [0.29, 0.717) is 39.6 Å². The Balaban J connectivity index is 1.86. The number of hydrogen-bond donors (Lipinski definition) is 2. The molecule has 0 fully saturated rings. The van der Waals surface area contributed by atoms with Gasteiger partial charge >= 0.3 is 0 Å². The lowest BCUT2D eigenvalue weighted by Crippen LogP contribution is -2.15. The minimum atomic E-state index is -0.374. The van der Waals surface area contributed by atoms with Gasteiger partial charge in [-0.3, -0.25) is 9.59 Å². The van der Waals surface area contributed by atoms with Crippen molar-refractivity contribution in [3.8, 4) is 17.6 Å². The van der Waals surface area contributed by atoms with E-state index in [1.54, 1.807) is 60.7 Å². The van der Waals surface area contributed by atoms with E-state index in [4.69, 9.17) is 14.7 Å². The molecule has 0 saturated heterocycles. The minimum Gasteiger partial charge on any atom is -0.494 e. The largest absolute Gasteiger partial charge is 0.494 e. The Morgan fingerprint density at radius 3 is 1.67 bits per heavy atom. The molecule has 0 spiro atoms. The predicted molar refractivity (Wildman–Crippen MR) is 113 cm³/mol. The number of carbonyl (C=O) groups is 2. The van der Waals surface area contributed by atoms with Gasteiger partial charge in [0.2, 0.25) is 0 Å². The van der Waals surface area contributed by atoms with Gasteiger partial charge in [0.05, 0.1) is 37.2 Å². The van der Waals surface area contributed by atoms with Gasteiger partial charge in [-0.05, 0) is 36.4 Å². The quantitative estimate of drug-likeness (QED) is 0.648. The summed E-state index contributed by atoms with van der Waals surface area (Å²) in [5.41, 5.74) is 2.12. The van der Waals surface area contributed by atoms with Crippen LogP contribution in [0.15, 0.2) is 66.7 Å². The first-order valence-corrected chi connectivity index (χ1v) is 8.99. The van der Waals surface area contributed by atoms with Crippen LogP contribution in [0.5, 0.6) is 11.5 Å². The number of anilines is 2. The average Bonchev–Trinajstić information content (AvgIpc) is 2.80. The second-order valence-electron chi connectivity index (χ2n) is 6.22. The summed E-state index contributed by atoms with van der Waals surface area (Å²) < 4.78 is 10.8. The fraction of sp³-hybridized carbons (Fsp3) is 0.0870. The molecule has 7 nitrogen and oxygen atoms in total. The molecule has 2 amide bonds. The van der Waals surface area contributed by atoms with E-state index < -0.39 is 0 Å². The second-order valence-corrected chi connectivity index (χ2v) is 6.22. The Bertz CT molecular complexity index is 1100. The lowest BCUT2D eigenvalue weighted by molar-refractivity contribution is 0.101. The van der Waals surface area contributed by atoms with Gasteiger partial charge < -0.3 is 20.1 Å². The van der Waals surface area contributed by atoms with E-state index in [9.17, 15) is 9.59 Å². The molecule has 0 atom stereocenters. The van der Waals surface area contributed by atoms with Gasteiger partial charge in [-0.25, -0.2) is 0 Å². The zero-order valence-electron chi connectivity index (χ0n) is 16.4. The van der Waals surface area contributed by atoms with Crippen LogP contribution < -0.4 is 20.1 Å². The van der Waals surface area contributed by atoms with E-state index >= 15 is 0 Å². The van der Waals surface area contributed by atoms with Crippen LogP contribution in [0.1, 0.15) is 26.3 Å². The molecule has 0 bridgehead atoms. The fourth-order valence-corrected chi connectivity index (χ4v) is 2.77. The van der Waals surface area contributed by atoms with Gasteiger partial charge in [-0.1, -0.05) is 18.2 Å². The van der Waals surface area contributed by atoms with Crippen molar-refractivity contribution in [2.45, 2.75) is 0 Å². The summed E-state index contributed by atoms with van der Waals surface area (Å²) in [6, 6.07) is 20.2. The third kappa shape index (κ3) is 4.56. The van der Waals surface area contributed by atoms with Crippen LogP contribution >= 0.6 is 0 Å². The molecule has 30 heavy (non-hydrogen) atoms. The first-order chi connectivity index (χ1) is 14.5. The molecule has 0 saturated carbocycles. The number of methoxy groups -OCH3 is 2. The number of amides is 2. The summed E-state index contributed by atoms with van der Waals surface area (Å²) in [6.45, 7) is 0. The van der Waals surface area contributed by atoms with Crippen LogP contribution in [0.2, 0.25) is 0 Å². The first kappa shape index (κ1) is 20.4. The first-order valence-electron chi connectivity index (χ1n) is 8.99. The van der Waals surface area contributed by atoms with Crippen LogP contribution in [-0.4, -0.2) is 26.0 Å². The molecule has 0 aromatic heterocycles. The molecular formula is C23H19N3O4. The highest BCUT2D eigenvalue weighted by Crippen LogP contribution is 2.37. The third-order valence-electron chi connectivity index (χ3n) is 4.33. The van der Waals surface area contributed by atoms with Crippen molar-refractivity contribution < 1.29 is 19.1 Å². The standard InChI is InChI=1S/C23H19N3O4/c1-29-20-13-19(26-23(28)17-10-8-15(14-24)9-11-17)21(30-2)12-18(20)25-22(27)16-6-4-3-5-7-16/h3-13H,1-2H3,(H,25,27)(H,26,28). The number of rotatable bonds is 6. The van der Waals surface area contributed by atoms with Gasteiger partial charge in [0.15, 0.2) is 0 Å². The van der Waals surface area contributed by atoms with E-state index in [1.807, 2.05) is 12.1 Å². The molecule has 3 rings (SSSR count). The fourth-order valence-electron chi connectivity index (χ4n) is 2.77. The number of hydrogen-bond acceptors (Lipinski definition) is 5. The number of nitrogens with one attached hydrogen (secondary N) is 2. The summed E-state index contributed by atoms with van der Waals surface area (Å²) in [5.74, 6) is 0.0302. The molecular weight excluding hydrogens is 382 g/mol. The van der Waals surface area contributed by atoms with Gasteiger partial charge in [0.25, 0.3) is 11.8 Å². The van der Waals surface area contributed by atoms with Gasteiger partial charge in [-0.2, -0.15) is 5.26 Å². The Kier molecular flexibility index (Phi) is 6.30. The normalized spacial score (nSPS) is 9.90. The maximum absolute atomic E-state index is 12.6. The molecule has 3 aromatic rings. The number of ether oxygens (including phenoxy) is 2. The Morgan fingerprint density at radius 1 is 0.767 bits per heavy atom. The van der Waals surface area contributed by atoms with Crippen LogP contribution in [0.4, 0.5) is 11.4 Å². The highest BCUT2D eigenvalue weighted by atomic mass is 16.5. The topological polar surface area (TPSA) is 100 Å². The SMILES string of the molecule is COc1cc(NC(=O)c2ccc(C#N)cc2)c(OC)cc1NC(=O)c1ccccc1. The average molecular weight is 401 g/mol. The molecule has 150 valence electrons. The number of nitrogens with zero attached hydrogens (tertiary/aromatic N) is 1. The Hall–Kier alpha value is -4.31. The predicted octanol–water partition coefficient (Wildman–Crippen LogP) is 4.08. The minimum absolute atomic E-state index is 0.301. The van der Waals surface area contributed by atoms with Crippen molar-refractivity contribution in [3.05, 3.63) is 83.4 Å². The molecule has 0 heterocycles. The molecule has 0 radical (unpaired) electrons. The number of nitriles is 1. The van der Waals surface area contributed by atoms with Crippen LogP contribution in [0, 0.1) is 11.3 Å². The zero-order valence-corrected chi connectivity index (χ0v) is 16.4. The van der Waals surface area contributed by atoms with E-state index in [2.05, 4.69) is 10.6 Å². The van der Waals surface area contributed by atoms with Gasteiger partial charge in [0, 0.05) is 23.3 Å². The monoisotopic (exact) mass is 401 g/mol. The molecule has 2 N–H and O–H groups in total. The Labute approximate surface area is 173 Å². The number of benzene rings is 3. The molecule has 0 aliphatic rings. The van der Waals surface area contributed by atoms with Crippen molar-refractivity contribution in [1.29, 1.82) is 5.26 Å². The second kappa shape index (κ2) is 9.26. The third-order valence-corrected chi connectivity index (χ3v) is 4.33. The van der Waals surface area contributed by atoms with Gasteiger partial charge in [0.1, 0.15) is 11.5 Å². The molecule has 0 unspecified atom stereocenters. The highest BCUT2D eigenvalue weighted by molar-refractivity contribution is 6.07. The zero-order chi connectivity index (χ0) is 21.5. The summed E-state index contributed by atoms with van der Waals surface area (Å²) in [5, 5.41) is 14.4. The molecule has 7 heteroatoms. The molecule has 0 aliphatic carbocycles. The maximum Gasteiger partial charge on any atom is 0.255 e. The summed E-state index contributed by atoms with van der Waals surface area (Å²) in [6.07, 6.45) is 0. The van der Waals surface area contributed by atoms with Crippen molar-refractivity contribution in [1.82, 2.24) is 0 Å². The summed E-state index contributed by atoms with van der Waals surface area (Å²) in [7, 11) is 2.92. The van der Waals surface area contributed by atoms with Crippen molar-refractivity contribution >= 4 is 23.2 Å². The Morgan fingerprint density at radius 2 is 1.23 bits per heavy atom. The van der Waals surface area contributed by atoms with Crippen LogP contribution in [-0.2, 0) is 0 Å². The highest BCUT2D eigenvalue weighted by Gasteiger charge is 2.17. The molecule has 0 aliphatic heterocycles. The number of carbonyl (C=O) groups excluding carboxylic acids is 2. The summed E-state index contributed by atoms with van der Waals surface area (Å²) in [4.78, 5) is 25.1. The van der Waals surface area contributed by atoms with E-state index in [-0.39, 0.29) is 11.8 Å². The lowest BCUT2D eigenvalue weighted by Gasteiger charge is -2.16. The smallest absolute Gasteiger partial charge is 0.255 e. The van der Waals surface area contributed by atoms with Crippen LogP contribution in [0.3, 0.4) is 0 Å². The van der Waals surface area contributed by atoms with E-state index in [1.165, 1.54) is 14.2 Å².